The van der Waals surface area contributed by atoms with Gasteiger partial charge >= 0.3 is 10.4 Å². The number of aliphatic hydroxyl groups excluding tert-OH is 1. The molecule has 0 aliphatic rings. The van der Waals surface area contributed by atoms with E-state index in [1.807, 2.05) is 0 Å². The van der Waals surface area contributed by atoms with E-state index in [2.05, 4.69) is 13.8 Å². The third-order valence-corrected chi connectivity index (χ3v) is 0.940. The van der Waals surface area contributed by atoms with E-state index < -0.39 is 10.4 Å². The zero-order valence-corrected chi connectivity index (χ0v) is 8.79. The molecule has 0 rings (SSSR count). The van der Waals surface area contributed by atoms with E-state index in [1.165, 1.54) is 0 Å². The van der Waals surface area contributed by atoms with E-state index in [4.69, 9.17) is 22.6 Å². The lowest BCUT2D eigenvalue weighted by atomic mass is 10.1. The van der Waals surface area contributed by atoms with Crippen LogP contribution in [0.25, 0.3) is 0 Å². The van der Waals surface area contributed by atoms with Gasteiger partial charge in [0.1, 0.15) is 0 Å². The van der Waals surface area contributed by atoms with Crippen LogP contribution in [0.15, 0.2) is 0 Å². The summed E-state index contributed by atoms with van der Waals surface area (Å²) in [5, 5.41) is 8.32. The summed E-state index contributed by atoms with van der Waals surface area (Å²) >= 11 is 0. The van der Waals surface area contributed by atoms with Gasteiger partial charge in [0.2, 0.25) is 0 Å². The van der Waals surface area contributed by atoms with E-state index in [-0.39, 0.29) is 6.15 Å². The zero-order chi connectivity index (χ0) is 10.2. The van der Waals surface area contributed by atoms with Gasteiger partial charge in [-0.15, -0.1) is 0 Å². The van der Waals surface area contributed by atoms with E-state index >= 15 is 0 Å². The van der Waals surface area contributed by atoms with Crippen LogP contribution in [0.1, 0.15) is 26.7 Å². The maximum atomic E-state index is 8.74. The Labute approximate surface area is 79.1 Å². The van der Waals surface area contributed by atoms with Crippen molar-refractivity contribution in [1.82, 2.24) is 6.15 Å². The predicted molar refractivity (Wildman–Crippen MR) is 50.4 cm³/mol. The highest BCUT2D eigenvalue weighted by Gasteiger charge is 1.89. The molecule has 0 amide bonds. The van der Waals surface area contributed by atoms with Gasteiger partial charge in [-0.05, 0) is 18.8 Å². The third kappa shape index (κ3) is 78.7. The van der Waals surface area contributed by atoms with Gasteiger partial charge in [0.15, 0.2) is 0 Å². The Balaban J connectivity index is -0.000000150. The van der Waals surface area contributed by atoms with Crippen molar-refractivity contribution in [3.63, 3.8) is 0 Å². The Morgan fingerprint density at radius 1 is 1.23 bits per heavy atom. The smallest absolute Gasteiger partial charge is 0.394 e. The van der Waals surface area contributed by atoms with Crippen LogP contribution in [0.3, 0.4) is 0 Å². The summed E-state index contributed by atoms with van der Waals surface area (Å²) in [5.41, 5.74) is 0. The average Bonchev–Trinajstić information content (AvgIpc) is 1.79. The Kier molecular flexibility index (Phi) is 14.1. The Morgan fingerprint density at radius 2 is 1.54 bits per heavy atom. The summed E-state index contributed by atoms with van der Waals surface area (Å²) in [5.74, 6) is 0.743. The van der Waals surface area contributed by atoms with Gasteiger partial charge in [0.25, 0.3) is 0 Å². The lowest BCUT2D eigenvalue weighted by molar-refractivity contribution is 0.276. The Hall–Kier alpha value is -0.210. The van der Waals surface area contributed by atoms with Crippen LogP contribution >= 0.6 is 0 Å². The summed E-state index contributed by atoms with van der Waals surface area (Å²) in [6.45, 7) is 4.67. The van der Waals surface area contributed by atoms with Crippen LogP contribution in [-0.2, 0) is 10.4 Å². The SMILES string of the molecule is CC(C)CCCO.N.O=S(=O)(O)O. The molecule has 84 valence electrons. The Morgan fingerprint density at radius 3 is 1.62 bits per heavy atom. The van der Waals surface area contributed by atoms with Gasteiger partial charge in [0, 0.05) is 6.61 Å². The minimum absolute atomic E-state index is 0. The van der Waals surface area contributed by atoms with Crippen molar-refractivity contribution in [2.24, 2.45) is 5.92 Å². The molecule has 6 nitrogen and oxygen atoms in total. The number of hydrogen-bond acceptors (Lipinski definition) is 4. The van der Waals surface area contributed by atoms with Crippen LogP contribution in [0, 0.1) is 5.92 Å². The first-order valence-electron chi connectivity index (χ1n) is 3.58. The predicted octanol–water partition coefficient (Wildman–Crippen LogP) is 0.924. The molecule has 0 aromatic rings. The Bertz CT molecular complexity index is 169. The lowest BCUT2D eigenvalue weighted by Crippen LogP contribution is -1.89. The van der Waals surface area contributed by atoms with E-state index in [0.717, 1.165) is 18.8 Å². The van der Waals surface area contributed by atoms with Crippen molar-refractivity contribution in [3.05, 3.63) is 0 Å². The maximum absolute atomic E-state index is 8.74. The molecular formula is C6H19NO5S. The normalized spacial score (nSPS) is 10.0. The molecule has 0 aliphatic carbocycles. The van der Waals surface area contributed by atoms with Crippen molar-refractivity contribution < 1.29 is 22.6 Å². The molecule has 0 spiro atoms. The summed E-state index contributed by atoms with van der Waals surface area (Å²) < 4.78 is 31.6. The van der Waals surface area contributed by atoms with Gasteiger partial charge in [-0.3, -0.25) is 9.11 Å². The van der Waals surface area contributed by atoms with Crippen LogP contribution in [0.2, 0.25) is 0 Å². The monoisotopic (exact) mass is 217 g/mol. The van der Waals surface area contributed by atoms with Gasteiger partial charge in [0.05, 0.1) is 0 Å². The van der Waals surface area contributed by atoms with Gasteiger partial charge < -0.3 is 11.3 Å². The summed E-state index contributed by atoms with van der Waals surface area (Å²) in [7, 11) is -4.67. The van der Waals surface area contributed by atoms with Crippen molar-refractivity contribution in [2.45, 2.75) is 26.7 Å². The second-order valence-corrected chi connectivity index (χ2v) is 3.60. The minimum atomic E-state index is -4.67. The highest BCUT2D eigenvalue weighted by Crippen LogP contribution is 2.00. The fraction of sp³-hybridized carbons (Fsp3) is 1.00. The molecule has 7 heteroatoms. The molecule has 0 heterocycles. The summed E-state index contributed by atoms with van der Waals surface area (Å²) in [6, 6.07) is 0. The molecule has 0 bridgehead atoms. The third-order valence-electron chi connectivity index (χ3n) is 0.940. The molecule has 0 atom stereocenters. The van der Waals surface area contributed by atoms with Crippen LogP contribution in [-0.4, -0.2) is 29.2 Å². The summed E-state index contributed by atoms with van der Waals surface area (Å²) in [4.78, 5) is 0. The quantitative estimate of drug-likeness (QED) is 0.520. The van der Waals surface area contributed by atoms with Crippen LogP contribution < -0.4 is 6.15 Å². The van der Waals surface area contributed by atoms with Crippen LogP contribution in [0.5, 0.6) is 0 Å². The molecule has 0 unspecified atom stereocenters. The molecule has 13 heavy (non-hydrogen) atoms. The molecule has 0 saturated heterocycles. The fourth-order valence-electron chi connectivity index (χ4n) is 0.500. The van der Waals surface area contributed by atoms with Gasteiger partial charge in [-0.2, -0.15) is 8.42 Å². The van der Waals surface area contributed by atoms with E-state index in [9.17, 15) is 0 Å². The number of hydrogen-bond donors (Lipinski definition) is 4. The molecule has 6 N–H and O–H groups in total. The maximum Gasteiger partial charge on any atom is 0.394 e. The standard InChI is InChI=1S/C6H14O.H3N.H2O4S/c1-6(2)4-3-5-7;;1-5(2,3)4/h6-7H,3-5H2,1-2H3;1H3;(H2,1,2,3,4). The van der Waals surface area contributed by atoms with Crippen molar-refractivity contribution >= 4 is 10.4 Å². The summed E-state index contributed by atoms with van der Waals surface area (Å²) in [6.07, 6.45) is 2.11. The molecule has 0 aromatic carbocycles. The van der Waals surface area contributed by atoms with E-state index in [1.54, 1.807) is 0 Å². The molecule has 0 fully saturated rings. The van der Waals surface area contributed by atoms with Gasteiger partial charge in [-0.1, -0.05) is 13.8 Å². The minimum Gasteiger partial charge on any atom is -0.396 e. The van der Waals surface area contributed by atoms with Crippen molar-refractivity contribution in [3.8, 4) is 0 Å². The van der Waals surface area contributed by atoms with E-state index in [0.29, 0.717) is 6.61 Å². The van der Waals surface area contributed by atoms with Crippen molar-refractivity contribution in [2.75, 3.05) is 6.61 Å². The molecule has 0 radical (unpaired) electrons. The molecule has 0 aliphatic heterocycles. The first-order chi connectivity index (χ1) is 5.27. The first-order valence-corrected chi connectivity index (χ1v) is 4.97. The molecule has 0 aromatic heterocycles. The second-order valence-electron chi connectivity index (χ2n) is 2.71. The molecule has 0 saturated carbocycles. The van der Waals surface area contributed by atoms with Crippen LogP contribution in [0.4, 0.5) is 0 Å². The molecular weight excluding hydrogens is 198 g/mol. The lowest BCUT2D eigenvalue weighted by Gasteiger charge is -1.98. The topological polar surface area (TPSA) is 130 Å². The number of rotatable bonds is 3. The largest absolute Gasteiger partial charge is 0.396 e. The second kappa shape index (κ2) is 9.87. The van der Waals surface area contributed by atoms with Gasteiger partial charge in [-0.25, -0.2) is 0 Å². The average molecular weight is 217 g/mol. The highest BCUT2D eigenvalue weighted by molar-refractivity contribution is 7.79. The fourth-order valence-corrected chi connectivity index (χ4v) is 0.500. The van der Waals surface area contributed by atoms with Crippen molar-refractivity contribution in [1.29, 1.82) is 0 Å². The first kappa shape index (κ1) is 18.5. The zero-order valence-electron chi connectivity index (χ0n) is 7.97. The number of aliphatic hydroxyl groups is 1. The highest BCUT2D eigenvalue weighted by atomic mass is 32.3.